The third kappa shape index (κ3) is 5.15. The molecule has 39 heavy (non-hydrogen) atoms. The monoisotopic (exact) mass is 540 g/mol. The van der Waals surface area contributed by atoms with Crippen LogP contribution in [0.5, 0.6) is 0 Å². The molecule has 8 nitrogen and oxygen atoms in total. The van der Waals surface area contributed by atoms with Crippen molar-refractivity contribution in [2.75, 3.05) is 23.9 Å². The number of carbonyl (C=O) groups is 1. The van der Waals surface area contributed by atoms with Crippen LogP contribution in [0.25, 0.3) is 5.82 Å². The van der Waals surface area contributed by atoms with E-state index >= 15 is 0 Å². The molecule has 0 aliphatic carbocycles. The number of anilines is 2. The minimum Gasteiger partial charge on any atom is -0.375 e. The Balaban J connectivity index is 1.60. The smallest absolute Gasteiger partial charge is 0.250 e. The number of hydrogen-bond acceptors (Lipinski definition) is 5. The first-order chi connectivity index (χ1) is 18.8. The first kappa shape index (κ1) is 26.5. The summed E-state index contributed by atoms with van der Waals surface area (Å²) in [5.74, 6) is 0.681. The van der Waals surface area contributed by atoms with Gasteiger partial charge in [-0.1, -0.05) is 12.1 Å². The number of nitrogens with zero attached hydrogens (tertiary/aromatic N) is 4. The van der Waals surface area contributed by atoms with Crippen LogP contribution in [0.15, 0.2) is 67.0 Å². The second-order valence-electron chi connectivity index (χ2n) is 9.83. The number of benzene rings is 1. The Hall–Kier alpha value is -4.08. The maximum Gasteiger partial charge on any atom is 0.250 e. The molecule has 0 radical (unpaired) electrons. The first-order valence-electron chi connectivity index (χ1n) is 12.8. The van der Waals surface area contributed by atoms with Gasteiger partial charge in [-0.2, -0.15) is 0 Å². The van der Waals surface area contributed by atoms with Gasteiger partial charge in [0.05, 0.1) is 17.8 Å². The van der Waals surface area contributed by atoms with E-state index in [1.54, 1.807) is 6.20 Å². The van der Waals surface area contributed by atoms with Crippen LogP contribution in [0.2, 0.25) is 0 Å². The van der Waals surface area contributed by atoms with E-state index in [1.165, 1.54) is 7.11 Å². The topological polar surface area (TPSA) is 84.3 Å². The van der Waals surface area contributed by atoms with Crippen molar-refractivity contribution in [3.05, 3.63) is 101 Å². The van der Waals surface area contributed by atoms with Crippen molar-refractivity contribution in [3.8, 4) is 5.82 Å². The molecule has 5 rings (SSSR count). The molecular weight excluding hydrogens is 508 g/mol. The largest absolute Gasteiger partial charge is 0.375 e. The van der Waals surface area contributed by atoms with Gasteiger partial charge in [-0.05, 0) is 99.1 Å². The molecule has 1 aliphatic rings. The molecule has 1 aromatic carbocycles. The van der Waals surface area contributed by atoms with Gasteiger partial charge in [0.1, 0.15) is 12.4 Å². The van der Waals surface area contributed by atoms with E-state index in [9.17, 15) is 4.79 Å². The highest BCUT2D eigenvalue weighted by atomic mass is 32.1. The van der Waals surface area contributed by atoms with Gasteiger partial charge in [-0.15, -0.1) is 0 Å². The summed E-state index contributed by atoms with van der Waals surface area (Å²) in [6.07, 6.45) is 3.69. The number of methoxy groups -OCH3 is 1. The summed E-state index contributed by atoms with van der Waals surface area (Å²) in [7, 11) is 1.50. The number of carbonyl (C=O) groups excluding carboxylic acids is 1. The zero-order valence-electron chi connectivity index (χ0n) is 22.7. The second-order valence-corrected chi connectivity index (χ2v) is 10.2. The Morgan fingerprint density at radius 2 is 1.90 bits per heavy atom. The molecule has 2 N–H and O–H groups in total. The summed E-state index contributed by atoms with van der Waals surface area (Å²) < 4.78 is 7.14. The van der Waals surface area contributed by atoms with Crippen LogP contribution >= 0.6 is 12.2 Å². The van der Waals surface area contributed by atoms with Crippen LogP contribution in [0.1, 0.15) is 45.9 Å². The fourth-order valence-corrected chi connectivity index (χ4v) is 5.58. The molecule has 2 atom stereocenters. The zero-order chi connectivity index (χ0) is 27.7. The standard InChI is InChI=1S/C30H32N6O2S/c1-18-9-12-26(32-16-18)35-20(3)15-23(21(35)4)29-28(25-8-6-7-13-31-25)34-30(39)36(29)22-10-11-24(19(2)14-22)33-27(37)17-38-5/h6-16,28-29H,17H2,1-5H3,(H,33,37)(H,34,39)/t28-,29+/m1/s1. The molecule has 1 aliphatic heterocycles. The summed E-state index contributed by atoms with van der Waals surface area (Å²) in [6.45, 7) is 8.23. The van der Waals surface area contributed by atoms with Gasteiger partial charge < -0.3 is 24.8 Å². The van der Waals surface area contributed by atoms with Crippen LogP contribution in [0, 0.1) is 27.7 Å². The molecule has 0 bridgehead atoms. The first-order valence-corrected chi connectivity index (χ1v) is 13.2. The van der Waals surface area contributed by atoms with Crippen LogP contribution in [-0.2, 0) is 9.53 Å². The van der Waals surface area contributed by atoms with Gasteiger partial charge in [0, 0.05) is 42.3 Å². The molecule has 9 heteroatoms. The van der Waals surface area contributed by atoms with E-state index in [4.69, 9.17) is 17.0 Å². The van der Waals surface area contributed by atoms with Crippen molar-refractivity contribution in [1.29, 1.82) is 0 Å². The maximum atomic E-state index is 12.1. The van der Waals surface area contributed by atoms with Gasteiger partial charge in [-0.25, -0.2) is 4.98 Å². The van der Waals surface area contributed by atoms with Gasteiger partial charge in [0.25, 0.3) is 0 Å². The van der Waals surface area contributed by atoms with Crippen molar-refractivity contribution in [3.63, 3.8) is 0 Å². The number of aryl methyl sites for hydroxylation is 3. The molecule has 3 aromatic heterocycles. The lowest BCUT2D eigenvalue weighted by Gasteiger charge is -2.29. The van der Waals surface area contributed by atoms with Crippen molar-refractivity contribution >= 4 is 34.6 Å². The molecule has 0 saturated carbocycles. The molecule has 1 amide bonds. The Kier molecular flexibility index (Phi) is 7.45. The van der Waals surface area contributed by atoms with Crippen LogP contribution < -0.4 is 15.5 Å². The third-order valence-corrected chi connectivity index (χ3v) is 7.36. The van der Waals surface area contributed by atoms with Gasteiger partial charge in [0.2, 0.25) is 5.91 Å². The van der Waals surface area contributed by atoms with E-state index in [2.05, 4.69) is 56.0 Å². The molecular formula is C30H32N6O2S. The zero-order valence-corrected chi connectivity index (χ0v) is 23.5. The third-order valence-electron chi connectivity index (χ3n) is 7.05. The Morgan fingerprint density at radius 1 is 1.08 bits per heavy atom. The summed E-state index contributed by atoms with van der Waals surface area (Å²) in [5, 5.41) is 7.06. The van der Waals surface area contributed by atoms with Gasteiger partial charge >= 0.3 is 0 Å². The Bertz CT molecular complexity index is 1520. The summed E-state index contributed by atoms with van der Waals surface area (Å²) in [6, 6.07) is 17.9. The number of thiocarbonyl (C=S) groups is 1. The summed E-state index contributed by atoms with van der Waals surface area (Å²) >= 11 is 5.93. The molecule has 1 saturated heterocycles. The van der Waals surface area contributed by atoms with E-state index in [1.807, 2.05) is 62.5 Å². The predicted molar refractivity (Wildman–Crippen MR) is 157 cm³/mol. The second kappa shape index (κ2) is 11.0. The lowest BCUT2D eigenvalue weighted by molar-refractivity contribution is -0.119. The highest BCUT2D eigenvalue weighted by molar-refractivity contribution is 7.80. The number of hydrogen-bond donors (Lipinski definition) is 2. The van der Waals surface area contributed by atoms with Gasteiger partial charge in [0.15, 0.2) is 5.11 Å². The van der Waals surface area contributed by atoms with Crippen LogP contribution in [0.3, 0.4) is 0 Å². The lowest BCUT2D eigenvalue weighted by atomic mass is 9.96. The fourth-order valence-electron chi connectivity index (χ4n) is 5.24. The number of ether oxygens (including phenoxy) is 1. The average Bonchev–Trinajstić information content (AvgIpc) is 3.41. The van der Waals surface area contributed by atoms with Crippen molar-refractivity contribution in [1.82, 2.24) is 19.9 Å². The Labute approximate surface area is 234 Å². The quantitative estimate of drug-likeness (QED) is 0.309. The molecule has 4 aromatic rings. The normalized spacial score (nSPS) is 16.8. The average molecular weight is 541 g/mol. The number of amides is 1. The van der Waals surface area contributed by atoms with Crippen molar-refractivity contribution in [2.24, 2.45) is 0 Å². The van der Waals surface area contributed by atoms with Crippen LogP contribution in [0.4, 0.5) is 11.4 Å². The van der Waals surface area contributed by atoms with Crippen LogP contribution in [-0.4, -0.2) is 39.3 Å². The fraction of sp³-hybridized carbons (Fsp3) is 0.267. The lowest BCUT2D eigenvalue weighted by Crippen LogP contribution is -2.29. The highest BCUT2D eigenvalue weighted by Gasteiger charge is 2.42. The predicted octanol–water partition coefficient (Wildman–Crippen LogP) is 5.26. The van der Waals surface area contributed by atoms with E-state index in [-0.39, 0.29) is 24.6 Å². The highest BCUT2D eigenvalue weighted by Crippen LogP contribution is 2.44. The maximum absolute atomic E-state index is 12.1. The van der Waals surface area contributed by atoms with E-state index in [0.717, 1.165) is 51.0 Å². The number of nitrogens with one attached hydrogen (secondary N) is 2. The summed E-state index contributed by atoms with van der Waals surface area (Å²) in [5.41, 5.74) is 7.92. The van der Waals surface area contributed by atoms with Crippen molar-refractivity contribution < 1.29 is 9.53 Å². The van der Waals surface area contributed by atoms with E-state index in [0.29, 0.717) is 5.11 Å². The van der Waals surface area contributed by atoms with Gasteiger partial charge in [-0.3, -0.25) is 9.78 Å². The number of pyridine rings is 2. The number of aromatic nitrogens is 3. The van der Waals surface area contributed by atoms with E-state index < -0.39 is 0 Å². The summed E-state index contributed by atoms with van der Waals surface area (Å²) in [4.78, 5) is 23.6. The SMILES string of the molecule is COCC(=O)Nc1ccc(N2C(=S)N[C@H](c3ccccn3)[C@@H]2c2cc(C)n(-c3ccc(C)cn3)c2C)cc1C. The van der Waals surface area contributed by atoms with Crippen molar-refractivity contribution in [2.45, 2.75) is 39.8 Å². The molecule has 0 spiro atoms. The number of rotatable bonds is 7. The molecule has 200 valence electrons. The molecule has 4 heterocycles. The minimum absolute atomic E-state index is 0.000605. The molecule has 1 fully saturated rings. The Morgan fingerprint density at radius 3 is 2.56 bits per heavy atom. The minimum atomic E-state index is -0.197. The molecule has 0 unspecified atom stereocenters.